The van der Waals surface area contributed by atoms with Crippen molar-refractivity contribution in [2.45, 2.75) is 6.54 Å². The summed E-state index contributed by atoms with van der Waals surface area (Å²) in [6.07, 6.45) is 6.97. The number of aromatic nitrogens is 5. The van der Waals surface area contributed by atoms with Crippen LogP contribution >= 0.6 is 0 Å². The van der Waals surface area contributed by atoms with Crippen molar-refractivity contribution in [1.82, 2.24) is 19.1 Å². The van der Waals surface area contributed by atoms with Gasteiger partial charge in [0.1, 0.15) is 5.52 Å². The van der Waals surface area contributed by atoms with Gasteiger partial charge < -0.3 is 0 Å². The molecule has 0 unspecified atom stereocenters. The molecule has 1 aliphatic rings. The minimum absolute atomic E-state index is 0.627. The number of aryl methyl sites for hydroxylation is 2. The molecule has 5 rings (SSSR count). The molecule has 0 saturated heterocycles. The fraction of sp³-hybridized carbons (Fsp3) is 0.188. The Morgan fingerprint density at radius 1 is 1.24 bits per heavy atom. The van der Waals surface area contributed by atoms with Gasteiger partial charge in [-0.3, -0.25) is 14.5 Å². The van der Waals surface area contributed by atoms with Gasteiger partial charge in [-0.15, -0.1) is 0 Å². The Kier molecular flexibility index (Phi) is 1.42. The first-order valence-corrected chi connectivity index (χ1v) is 6.79. The van der Waals surface area contributed by atoms with E-state index in [1.807, 2.05) is 29.9 Å². The zero-order valence-corrected chi connectivity index (χ0v) is 11.4. The predicted molar refractivity (Wildman–Crippen MR) is 79.7 cm³/mol. The Morgan fingerprint density at radius 2 is 2.10 bits per heavy atom. The summed E-state index contributed by atoms with van der Waals surface area (Å²) in [6.45, 7) is -1.58. The largest absolute Gasteiger partial charge is 0.269 e. The van der Waals surface area contributed by atoms with Gasteiger partial charge >= 0.3 is 0 Å². The fourth-order valence-electron chi connectivity index (χ4n) is 3.49. The highest BCUT2D eigenvalue weighted by atomic mass is 15.2. The highest BCUT2D eigenvalue weighted by Crippen LogP contribution is 2.36. The van der Waals surface area contributed by atoms with E-state index in [9.17, 15) is 0 Å². The van der Waals surface area contributed by atoms with E-state index in [4.69, 9.17) is 4.11 Å². The molecule has 0 N–H and O–H groups in total. The van der Waals surface area contributed by atoms with Crippen molar-refractivity contribution in [2.24, 2.45) is 14.0 Å². The van der Waals surface area contributed by atoms with E-state index in [1.54, 1.807) is 18.6 Å². The van der Waals surface area contributed by atoms with E-state index >= 15 is 0 Å². The number of hydrogen-bond acceptors (Lipinski definition) is 2. The first kappa shape index (κ1) is 8.56. The average Bonchev–Trinajstić information content (AvgIpc) is 3.15. The van der Waals surface area contributed by atoms with Gasteiger partial charge in [0.15, 0.2) is 5.52 Å². The smallest absolute Gasteiger partial charge is 0.264 e. The van der Waals surface area contributed by atoms with Gasteiger partial charge in [0.2, 0.25) is 5.82 Å². The molecular formula is C16H14N5+. The summed E-state index contributed by atoms with van der Waals surface area (Å²) in [6, 6.07) is 3.87. The average molecular weight is 279 g/mol. The maximum atomic E-state index is 7.99. The lowest BCUT2D eigenvalue weighted by atomic mass is 10.2. The van der Waals surface area contributed by atoms with Crippen molar-refractivity contribution >= 4 is 22.1 Å². The van der Waals surface area contributed by atoms with E-state index in [0.29, 0.717) is 17.7 Å². The van der Waals surface area contributed by atoms with Gasteiger partial charge in [-0.1, -0.05) is 0 Å². The minimum Gasteiger partial charge on any atom is -0.264 e. The number of pyridine rings is 2. The molecule has 5 heterocycles. The van der Waals surface area contributed by atoms with Crippen molar-refractivity contribution in [3.05, 3.63) is 42.5 Å². The first-order valence-electron chi connectivity index (χ1n) is 8.29. The SMILES string of the molecule is [2H]C([2H])([2H])n1c2cnccc2c2c1[n+](C)c1n2Cc2cnccc2-1. The normalized spacial score (nSPS) is 15.8. The van der Waals surface area contributed by atoms with E-state index in [2.05, 4.69) is 14.5 Å². The highest BCUT2D eigenvalue weighted by Gasteiger charge is 2.34. The molecule has 0 aliphatic carbocycles. The maximum absolute atomic E-state index is 7.99. The summed E-state index contributed by atoms with van der Waals surface area (Å²) in [5.74, 6) is 1.01. The minimum atomic E-state index is -2.27. The molecular weight excluding hydrogens is 262 g/mol. The van der Waals surface area contributed by atoms with Crippen molar-refractivity contribution in [1.29, 1.82) is 0 Å². The van der Waals surface area contributed by atoms with Crippen LogP contribution in [0.1, 0.15) is 9.68 Å². The quantitative estimate of drug-likeness (QED) is 0.405. The molecule has 0 amide bonds. The van der Waals surface area contributed by atoms with E-state index in [-0.39, 0.29) is 0 Å². The second-order valence-electron chi connectivity index (χ2n) is 5.40. The molecule has 0 fully saturated rings. The summed E-state index contributed by atoms with van der Waals surface area (Å²) in [4.78, 5) is 8.33. The summed E-state index contributed by atoms with van der Waals surface area (Å²) in [5.41, 5.74) is 4.49. The van der Waals surface area contributed by atoms with Gasteiger partial charge in [-0.25, -0.2) is 9.13 Å². The lowest BCUT2D eigenvalue weighted by Crippen LogP contribution is -2.31. The van der Waals surface area contributed by atoms with Crippen LogP contribution in [-0.4, -0.2) is 19.1 Å². The van der Waals surface area contributed by atoms with Crippen LogP contribution in [0.25, 0.3) is 33.5 Å². The molecule has 0 spiro atoms. The molecule has 4 aromatic rings. The van der Waals surface area contributed by atoms with Crippen LogP contribution in [0, 0.1) is 0 Å². The van der Waals surface area contributed by atoms with Crippen LogP contribution in [-0.2, 0) is 20.6 Å². The number of imidazole rings is 1. The monoisotopic (exact) mass is 279 g/mol. The van der Waals surface area contributed by atoms with Crippen molar-refractivity contribution < 1.29 is 8.68 Å². The number of fused-ring (bicyclic) bond motifs is 7. The lowest BCUT2D eigenvalue weighted by Gasteiger charge is -1.98. The summed E-state index contributed by atoms with van der Waals surface area (Å²) in [5, 5.41) is 0.902. The van der Waals surface area contributed by atoms with Crippen molar-refractivity contribution in [3.8, 4) is 11.4 Å². The third kappa shape index (κ3) is 1.15. The van der Waals surface area contributed by atoms with Crippen LogP contribution in [0.5, 0.6) is 0 Å². The molecule has 0 atom stereocenters. The summed E-state index contributed by atoms with van der Waals surface area (Å²) < 4.78 is 29.5. The second kappa shape index (κ2) is 3.49. The van der Waals surface area contributed by atoms with Crippen LogP contribution in [0.15, 0.2) is 36.9 Å². The number of nitrogens with zero attached hydrogens (tertiary/aromatic N) is 5. The summed E-state index contributed by atoms with van der Waals surface area (Å²) >= 11 is 0. The van der Waals surface area contributed by atoms with Crippen LogP contribution < -0.4 is 4.57 Å². The Bertz CT molecular complexity index is 1140. The second-order valence-corrected chi connectivity index (χ2v) is 5.40. The van der Waals surface area contributed by atoms with Crippen LogP contribution in [0.2, 0.25) is 0 Å². The third-order valence-corrected chi connectivity index (χ3v) is 4.35. The Morgan fingerprint density at radius 3 is 3.00 bits per heavy atom. The molecule has 1 aliphatic heterocycles. The molecule has 0 bridgehead atoms. The van der Waals surface area contributed by atoms with Gasteiger partial charge in [0.25, 0.3) is 5.65 Å². The first-order chi connectivity index (χ1) is 11.5. The third-order valence-electron chi connectivity index (χ3n) is 4.35. The maximum Gasteiger partial charge on any atom is 0.269 e. The standard InChI is InChI=1S/C16H14N5/c1-19-13-8-18-6-4-12(13)14-16(19)20(2)15-11-3-5-17-7-10(11)9-21(14)15/h3-8H,9H2,1-2H3/q+1/i1D3. The molecule has 102 valence electrons. The van der Waals surface area contributed by atoms with Crippen LogP contribution in [0.3, 0.4) is 0 Å². The van der Waals surface area contributed by atoms with Gasteiger partial charge in [0, 0.05) is 24.2 Å². The zero-order chi connectivity index (χ0) is 16.6. The van der Waals surface area contributed by atoms with Crippen molar-refractivity contribution in [2.75, 3.05) is 0 Å². The zero-order valence-electron chi connectivity index (χ0n) is 14.4. The number of rotatable bonds is 0. The molecule has 5 nitrogen and oxygen atoms in total. The Labute approximate surface area is 125 Å². The Balaban J connectivity index is 2.02. The van der Waals surface area contributed by atoms with E-state index < -0.39 is 6.98 Å². The molecule has 5 heteroatoms. The molecule has 0 saturated carbocycles. The summed E-state index contributed by atoms with van der Waals surface area (Å²) in [7, 11) is 1.91. The van der Waals surface area contributed by atoms with Crippen molar-refractivity contribution in [3.63, 3.8) is 0 Å². The van der Waals surface area contributed by atoms with Gasteiger partial charge in [0.05, 0.1) is 41.8 Å². The van der Waals surface area contributed by atoms with Gasteiger partial charge in [-0.05, 0) is 12.1 Å². The van der Waals surface area contributed by atoms with E-state index in [0.717, 1.165) is 27.9 Å². The topological polar surface area (TPSA) is 39.5 Å². The van der Waals surface area contributed by atoms with E-state index in [1.165, 1.54) is 4.57 Å². The predicted octanol–water partition coefficient (Wildman–Crippen LogP) is 1.78. The lowest BCUT2D eigenvalue weighted by molar-refractivity contribution is -0.636. The molecule has 4 aromatic heterocycles. The fourth-order valence-corrected chi connectivity index (χ4v) is 3.49. The number of hydrogen-bond donors (Lipinski definition) is 0. The van der Waals surface area contributed by atoms with Gasteiger partial charge in [-0.2, -0.15) is 0 Å². The van der Waals surface area contributed by atoms with Crippen LogP contribution in [0.4, 0.5) is 0 Å². The molecule has 0 radical (unpaired) electrons. The Hall–Kier alpha value is -2.69. The molecule has 21 heavy (non-hydrogen) atoms. The molecule has 0 aromatic carbocycles. The highest BCUT2D eigenvalue weighted by molar-refractivity contribution is 6.04.